The van der Waals surface area contributed by atoms with Crippen LogP contribution in [-0.2, 0) is 0 Å². The summed E-state index contributed by atoms with van der Waals surface area (Å²) in [4.78, 5) is 0. The highest BCUT2D eigenvalue weighted by Gasteiger charge is 1.88. The highest BCUT2D eigenvalue weighted by atomic mass is 16.3. The molecule has 1 heteroatoms. The van der Waals surface area contributed by atoms with Gasteiger partial charge in [0.2, 0.25) is 0 Å². The van der Waals surface area contributed by atoms with Crippen molar-refractivity contribution in [3.8, 4) is 0 Å². The maximum atomic E-state index is 9.35. The van der Waals surface area contributed by atoms with Crippen LogP contribution in [0.15, 0.2) is 24.0 Å². The first kappa shape index (κ1) is 12.3. The van der Waals surface area contributed by atoms with Crippen molar-refractivity contribution in [3.63, 3.8) is 0 Å². The fourth-order valence-electron chi connectivity index (χ4n) is 1.04. The quantitative estimate of drug-likeness (QED) is 0.352. The largest absolute Gasteiger partial charge is 0.512 e. The zero-order valence-electron chi connectivity index (χ0n) is 8.92. The second-order valence-corrected chi connectivity index (χ2v) is 3.33. The van der Waals surface area contributed by atoms with Crippen LogP contribution in [0.2, 0.25) is 0 Å². The lowest BCUT2D eigenvalue weighted by Gasteiger charge is -1.95. The number of rotatable bonds is 7. The summed E-state index contributed by atoms with van der Waals surface area (Å²) < 4.78 is 0. The molecule has 0 atom stereocenters. The van der Waals surface area contributed by atoms with Crippen LogP contribution in [0.1, 0.15) is 52.4 Å². The second kappa shape index (κ2) is 9.37. The minimum absolute atomic E-state index is 0.509. The molecule has 13 heavy (non-hydrogen) atoms. The Kier molecular flexibility index (Phi) is 8.85. The Bertz CT molecular complexity index is 157. The molecule has 0 unspecified atom stereocenters. The summed E-state index contributed by atoms with van der Waals surface area (Å²) in [6.45, 7) is 4.31. The minimum Gasteiger partial charge on any atom is -0.512 e. The van der Waals surface area contributed by atoms with Gasteiger partial charge in [0.15, 0.2) is 0 Å². The number of aliphatic hydroxyl groups excluding tert-OH is 1. The number of hydrogen-bond donors (Lipinski definition) is 1. The van der Waals surface area contributed by atoms with Gasteiger partial charge >= 0.3 is 0 Å². The van der Waals surface area contributed by atoms with Gasteiger partial charge in [-0.05, 0) is 18.9 Å². The van der Waals surface area contributed by atoms with Crippen molar-refractivity contribution in [2.24, 2.45) is 0 Å². The van der Waals surface area contributed by atoms with E-state index < -0.39 is 0 Å². The molecule has 0 bridgehead atoms. The normalized spacial score (nSPS) is 12.6. The molecule has 0 aliphatic carbocycles. The molecule has 0 amide bonds. The van der Waals surface area contributed by atoms with Crippen LogP contribution in [0.5, 0.6) is 0 Å². The molecule has 0 saturated carbocycles. The Morgan fingerprint density at radius 2 is 1.85 bits per heavy atom. The first-order valence-electron chi connectivity index (χ1n) is 5.35. The summed E-state index contributed by atoms with van der Waals surface area (Å²) in [6, 6.07) is 0. The minimum atomic E-state index is 0.509. The predicted molar refractivity (Wildman–Crippen MR) is 58.9 cm³/mol. The molecule has 0 fully saturated rings. The number of unbranched alkanes of at least 4 members (excludes halogenated alkanes) is 3. The van der Waals surface area contributed by atoms with Crippen LogP contribution in [-0.4, -0.2) is 5.11 Å². The third-order valence-electron chi connectivity index (χ3n) is 1.94. The van der Waals surface area contributed by atoms with Gasteiger partial charge in [-0.1, -0.05) is 45.3 Å². The summed E-state index contributed by atoms with van der Waals surface area (Å²) in [5, 5.41) is 9.35. The fraction of sp³-hybridized carbons (Fsp3) is 0.667. The lowest BCUT2D eigenvalue weighted by molar-refractivity contribution is 0.383. The molecule has 1 nitrogen and oxygen atoms in total. The van der Waals surface area contributed by atoms with Crippen molar-refractivity contribution < 1.29 is 5.11 Å². The number of allylic oxidation sites excluding steroid dienone is 4. The van der Waals surface area contributed by atoms with Gasteiger partial charge in [-0.15, -0.1) is 0 Å². The van der Waals surface area contributed by atoms with E-state index in [9.17, 15) is 5.11 Å². The van der Waals surface area contributed by atoms with Crippen LogP contribution in [0.4, 0.5) is 0 Å². The summed E-state index contributed by atoms with van der Waals surface area (Å²) in [5.74, 6) is 0.509. The third kappa shape index (κ3) is 9.19. The van der Waals surface area contributed by atoms with Gasteiger partial charge in [-0.3, -0.25) is 0 Å². The van der Waals surface area contributed by atoms with E-state index in [1.165, 1.54) is 12.8 Å². The molecule has 0 saturated heterocycles. The molecule has 0 aromatic carbocycles. The van der Waals surface area contributed by atoms with Gasteiger partial charge in [0.25, 0.3) is 0 Å². The van der Waals surface area contributed by atoms with Crippen LogP contribution in [0, 0.1) is 0 Å². The lowest BCUT2D eigenvalue weighted by Crippen LogP contribution is -1.79. The van der Waals surface area contributed by atoms with Crippen molar-refractivity contribution in [2.75, 3.05) is 0 Å². The molecule has 0 aliphatic heterocycles. The molecule has 1 N–H and O–H groups in total. The highest BCUT2D eigenvalue weighted by molar-refractivity contribution is 5.06. The Morgan fingerprint density at radius 3 is 2.46 bits per heavy atom. The van der Waals surface area contributed by atoms with E-state index in [4.69, 9.17) is 0 Å². The smallest absolute Gasteiger partial charge is 0.0922 e. The van der Waals surface area contributed by atoms with Crippen LogP contribution in [0.25, 0.3) is 0 Å². The monoisotopic (exact) mass is 182 g/mol. The Hall–Kier alpha value is -0.720. The molecule has 0 aromatic heterocycles. The van der Waals surface area contributed by atoms with Gasteiger partial charge in [-0.2, -0.15) is 0 Å². The van der Waals surface area contributed by atoms with E-state index in [1.807, 2.05) is 12.2 Å². The Morgan fingerprint density at radius 1 is 1.15 bits per heavy atom. The van der Waals surface area contributed by atoms with Gasteiger partial charge in [0.05, 0.1) is 5.76 Å². The SMILES string of the molecule is CCCCC=CC=C(O)CCCC. The topological polar surface area (TPSA) is 20.2 Å². The second-order valence-electron chi connectivity index (χ2n) is 3.33. The van der Waals surface area contributed by atoms with Gasteiger partial charge in [0.1, 0.15) is 0 Å². The number of hydrogen-bond acceptors (Lipinski definition) is 1. The van der Waals surface area contributed by atoms with Crippen molar-refractivity contribution >= 4 is 0 Å². The maximum Gasteiger partial charge on any atom is 0.0922 e. The average molecular weight is 182 g/mol. The molecular weight excluding hydrogens is 160 g/mol. The number of aliphatic hydroxyl groups is 1. The molecular formula is C12H22O. The van der Waals surface area contributed by atoms with E-state index in [1.54, 1.807) is 0 Å². The van der Waals surface area contributed by atoms with Crippen molar-refractivity contribution in [3.05, 3.63) is 24.0 Å². The molecule has 0 radical (unpaired) electrons. The maximum absolute atomic E-state index is 9.35. The van der Waals surface area contributed by atoms with Crippen molar-refractivity contribution in [1.82, 2.24) is 0 Å². The molecule has 0 aromatic rings. The van der Waals surface area contributed by atoms with E-state index in [2.05, 4.69) is 19.9 Å². The Labute approximate surface area is 82.2 Å². The zero-order chi connectivity index (χ0) is 9.94. The molecule has 0 aliphatic rings. The first-order valence-corrected chi connectivity index (χ1v) is 5.35. The van der Waals surface area contributed by atoms with Crippen molar-refractivity contribution in [2.45, 2.75) is 52.4 Å². The molecule has 0 spiro atoms. The van der Waals surface area contributed by atoms with Crippen LogP contribution in [0.3, 0.4) is 0 Å². The Balaban J connectivity index is 3.50. The summed E-state index contributed by atoms with van der Waals surface area (Å²) >= 11 is 0. The lowest BCUT2D eigenvalue weighted by atomic mass is 10.2. The highest BCUT2D eigenvalue weighted by Crippen LogP contribution is 2.04. The molecule has 76 valence electrons. The zero-order valence-corrected chi connectivity index (χ0v) is 8.92. The van der Waals surface area contributed by atoms with E-state index in [0.29, 0.717) is 5.76 Å². The molecule has 0 heterocycles. The van der Waals surface area contributed by atoms with E-state index >= 15 is 0 Å². The summed E-state index contributed by atoms with van der Waals surface area (Å²) in [5.41, 5.74) is 0. The predicted octanol–water partition coefficient (Wildman–Crippen LogP) is 4.36. The van der Waals surface area contributed by atoms with Crippen LogP contribution >= 0.6 is 0 Å². The van der Waals surface area contributed by atoms with E-state index in [-0.39, 0.29) is 0 Å². The average Bonchev–Trinajstić information content (AvgIpc) is 2.14. The fourth-order valence-corrected chi connectivity index (χ4v) is 1.04. The first-order chi connectivity index (χ1) is 6.31. The van der Waals surface area contributed by atoms with Crippen molar-refractivity contribution in [1.29, 1.82) is 0 Å². The van der Waals surface area contributed by atoms with Crippen LogP contribution < -0.4 is 0 Å². The van der Waals surface area contributed by atoms with Gasteiger partial charge in [0, 0.05) is 6.42 Å². The third-order valence-corrected chi connectivity index (χ3v) is 1.94. The standard InChI is InChI=1S/C12H22O/c1-3-5-7-8-9-11-12(13)10-6-4-2/h8-9,11,13H,3-7,10H2,1-2H3. The van der Waals surface area contributed by atoms with Gasteiger partial charge in [-0.25, -0.2) is 0 Å². The summed E-state index contributed by atoms with van der Waals surface area (Å²) in [7, 11) is 0. The van der Waals surface area contributed by atoms with Gasteiger partial charge < -0.3 is 5.11 Å². The van der Waals surface area contributed by atoms with E-state index in [0.717, 1.165) is 25.7 Å². The molecule has 0 rings (SSSR count). The summed E-state index contributed by atoms with van der Waals surface area (Å²) in [6.07, 6.45) is 12.5.